The van der Waals surface area contributed by atoms with Crippen molar-refractivity contribution in [1.82, 2.24) is 15.0 Å². The number of nitrogens with zero attached hydrogens (tertiary/aromatic N) is 1. The van der Waals surface area contributed by atoms with Crippen molar-refractivity contribution in [2.75, 3.05) is 12.3 Å². The third kappa shape index (κ3) is 3.51. The molecule has 0 spiro atoms. The van der Waals surface area contributed by atoms with E-state index in [0.717, 1.165) is 24.4 Å². The lowest BCUT2D eigenvalue weighted by molar-refractivity contribution is 0.563. The van der Waals surface area contributed by atoms with Crippen molar-refractivity contribution >= 4 is 21.4 Å². The highest BCUT2D eigenvalue weighted by molar-refractivity contribution is 7.89. The van der Waals surface area contributed by atoms with E-state index in [4.69, 9.17) is 0 Å². The van der Waals surface area contributed by atoms with Crippen LogP contribution in [0, 0.1) is 0 Å². The van der Waals surface area contributed by atoms with Gasteiger partial charge in [-0.15, -0.1) is 11.3 Å². The molecule has 1 saturated heterocycles. The standard InChI is InChI=1S/C9H15N3O2S2/c13-16(14,7-8-2-1-3-10-8)12-6-9-11-4-5-15-9/h4-5,8,10,12H,1-3,6-7H2. The van der Waals surface area contributed by atoms with Gasteiger partial charge in [0, 0.05) is 17.6 Å². The minimum absolute atomic E-state index is 0.105. The first-order valence-electron chi connectivity index (χ1n) is 5.25. The fourth-order valence-corrected chi connectivity index (χ4v) is 3.67. The summed E-state index contributed by atoms with van der Waals surface area (Å²) in [5, 5.41) is 5.80. The molecule has 1 aliphatic heterocycles. The second-order valence-electron chi connectivity index (χ2n) is 3.82. The van der Waals surface area contributed by atoms with Crippen molar-refractivity contribution in [3.8, 4) is 0 Å². The number of aromatic nitrogens is 1. The number of hydrogen-bond acceptors (Lipinski definition) is 5. The van der Waals surface area contributed by atoms with E-state index in [1.807, 2.05) is 5.38 Å². The summed E-state index contributed by atoms with van der Waals surface area (Å²) >= 11 is 1.45. The number of thiazole rings is 1. The second-order valence-corrected chi connectivity index (χ2v) is 6.65. The summed E-state index contributed by atoms with van der Waals surface area (Å²) in [7, 11) is -3.19. The molecular formula is C9H15N3O2S2. The molecule has 1 aromatic rings. The van der Waals surface area contributed by atoms with Crippen molar-refractivity contribution < 1.29 is 8.42 Å². The quantitative estimate of drug-likeness (QED) is 0.800. The normalized spacial score (nSPS) is 21.4. The molecule has 2 heterocycles. The SMILES string of the molecule is O=S(=O)(CC1CCCN1)NCc1nccs1. The van der Waals surface area contributed by atoms with Crippen molar-refractivity contribution in [1.29, 1.82) is 0 Å². The molecule has 90 valence electrons. The Balaban J connectivity index is 1.82. The topological polar surface area (TPSA) is 71.1 Å². The average molecular weight is 261 g/mol. The van der Waals surface area contributed by atoms with Gasteiger partial charge in [-0.05, 0) is 19.4 Å². The van der Waals surface area contributed by atoms with E-state index in [0.29, 0.717) is 6.54 Å². The first-order valence-corrected chi connectivity index (χ1v) is 7.78. The maximum Gasteiger partial charge on any atom is 0.213 e. The lowest BCUT2D eigenvalue weighted by Crippen LogP contribution is -2.36. The predicted octanol–water partition coefficient (Wildman–Crippen LogP) is 0.315. The van der Waals surface area contributed by atoms with Gasteiger partial charge in [0.1, 0.15) is 5.01 Å². The minimum Gasteiger partial charge on any atom is -0.313 e. The zero-order chi connectivity index (χ0) is 11.4. The molecule has 16 heavy (non-hydrogen) atoms. The fourth-order valence-electron chi connectivity index (χ4n) is 1.73. The Morgan fingerprint density at radius 3 is 3.12 bits per heavy atom. The maximum atomic E-state index is 11.7. The van der Waals surface area contributed by atoms with Gasteiger partial charge in [-0.3, -0.25) is 0 Å². The van der Waals surface area contributed by atoms with E-state index in [9.17, 15) is 8.42 Å². The van der Waals surface area contributed by atoms with Gasteiger partial charge < -0.3 is 5.32 Å². The summed E-state index contributed by atoms with van der Waals surface area (Å²) in [6.07, 6.45) is 3.68. The first-order chi connectivity index (χ1) is 7.66. The molecular weight excluding hydrogens is 246 g/mol. The Morgan fingerprint density at radius 1 is 1.62 bits per heavy atom. The zero-order valence-corrected chi connectivity index (χ0v) is 10.5. The summed E-state index contributed by atoms with van der Waals surface area (Å²) in [5.41, 5.74) is 0. The van der Waals surface area contributed by atoms with E-state index >= 15 is 0 Å². The molecule has 0 aliphatic carbocycles. The van der Waals surface area contributed by atoms with Crippen LogP contribution in [0.1, 0.15) is 17.8 Å². The van der Waals surface area contributed by atoms with Gasteiger partial charge in [0.15, 0.2) is 0 Å². The van der Waals surface area contributed by atoms with Crippen LogP contribution in [0.4, 0.5) is 0 Å². The smallest absolute Gasteiger partial charge is 0.213 e. The molecule has 5 nitrogen and oxygen atoms in total. The summed E-state index contributed by atoms with van der Waals surface area (Å²) in [4.78, 5) is 4.03. The molecule has 1 fully saturated rings. The molecule has 1 aliphatic rings. The third-order valence-corrected chi connectivity index (χ3v) is 4.71. The summed E-state index contributed by atoms with van der Waals surface area (Å²) in [5.74, 6) is 0.165. The molecule has 0 amide bonds. The van der Waals surface area contributed by atoms with Crippen LogP contribution in [0.3, 0.4) is 0 Å². The van der Waals surface area contributed by atoms with Crippen LogP contribution in [0.2, 0.25) is 0 Å². The predicted molar refractivity (Wildman–Crippen MR) is 63.8 cm³/mol. The average Bonchev–Trinajstić information content (AvgIpc) is 2.85. The van der Waals surface area contributed by atoms with Gasteiger partial charge >= 0.3 is 0 Å². The summed E-state index contributed by atoms with van der Waals surface area (Å²) in [6, 6.07) is 0.105. The zero-order valence-electron chi connectivity index (χ0n) is 8.85. The number of sulfonamides is 1. The monoisotopic (exact) mass is 261 g/mol. The highest BCUT2D eigenvalue weighted by Crippen LogP contribution is 2.08. The third-order valence-electron chi connectivity index (χ3n) is 2.51. The molecule has 0 radical (unpaired) electrons. The van der Waals surface area contributed by atoms with Gasteiger partial charge in [-0.2, -0.15) is 0 Å². The molecule has 7 heteroatoms. The number of rotatable bonds is 5. The second kappa shape index (κ2) is 5.22. The molecule has 0 aromatic carbocycles. The number of hydrogen-bond donors (Lipinski definition) is 2. The van der Waals surface area contributed by atoms with Crippen LogP contribution >= 0.6 is 11.3 Å². The van der Waals surface area contributed by atoms with Crippen molar-refractivity contribution in [2.24, 2.45) is 0 Å². The van der Waals surface area contributed by atoms with Crippen LogP contribution < -0.4 is 10.0 Å². The summed E-state index contributed by atoms with van der Waals surface area (Å²) in [6.45, 7) is 1.22. The number of nitrogens with one attached hydrogen (secondary N) is 2. The van der Waals surface area contributed by atoms with Gasteiger partial charge in [0.25, 0.3) is 0 Å². The first kappa shape index (κ1) is 12.0. The Kier molecular flexibility index (Phi) is 3.91. The van der Waals surface area contributed by atoms with E-state index in [1.54, 1.807) is 6.20 Å². The Bertz CT molecular complexity index is 410. The molecule has 0 bridgehead atoms. The highest BCUT2D eigenvalue weighted by Gasteiger charge is 2.21. The minimum atomic E-state index is -3.19. The maximum absolute atomic E-state index is 11.7. The van der Waals surface area contributed by atoms with Gasteiger partial charge in [0.2, 0.25) is 10.0 Å². The lowest BCUT2D eigenvalue weighted by Gasteiger charge is -2.10. The Morgan fingerprint density at radius 2 is 2.50 bits per heavy atom. The molecule has 2 N–H and O–H groups in total. The van der Waals surface area contributed by atoms with Gasteiger partial charge in [-0.1, -0.05) is 0 Å². The van der Waals surface area contributed by atoms with Crippen LogP contribution in [-0.2, 0) is 16.6 Å². The highest BCUT2D eigenvalue weighted by atomic mass is 32.2. The largest absolute Gasteiger partial charge is 0.313 e. The fraction of sp³-hybridized carbons (Fsp3) is 0.667. The van der Waals surface area contributed by atoms with Crippen molar-refractivity contribution in [3.05, 3.63) is 16.6 Å². The van der Waals surface area contributed by atoms with E-state index in [2.05, 4.69) is 15.0 Å². The van der Waals surface area contributed by atoms with Crippen molar-refractivity contribution in [2.45, 2.75) is 25.4 Å². The Labute approximate surface area is 99.3 Å². The molecule has 1 aromatic heterocycles. The van der Waals surface area contributed by atoms with Crippen LogP contribution in [0.25, 0.3) is 0 Å². The molecule has 2 rings (SSSR count). The van der Waals surface area contributed by atoms with E-state index < -0.39 is 10.0 Å². The molecule has 1 unspecified atom stereocenters. The van der Waals surface area contributed by atoms with Crippen molar-refractivity contribution in [3.63, 3.8) is 0 Å². The lowest BCUT2D eigenvalue weighted by atomic mass is 10.3. The van der Waals surface area contributed by atoms with Crippen LogP contribution in [-0.4, -0.2) is 31.7 Å². The van der Waals surface area contributed by atoms with E-state index in [-0.39, 0.29) is 11.8 Å². The van der Waals surface area contributed by atoms with Gasteiger partial charge in [-0.25, -0.2) is 18.1 Å². The molecule has 1 atom stereocenters. The van der Waals surface area contributed by atoms with E-state index in [1.165, 1.54) is 11.3 Å². The summed E-state index contributed by atoms with van der Waals surface area (Å²) < 4.78 is 26.0. The Hall–Kier alpha value is -0.500. The van der Waals surface area contributed by atoms with Gasteiger partial charge in [0.05, 0.1) is 12.3 Å². The van der Waals surface area contributed by atoms with Crippen LogP contribution in [0.15, 0.2) is 11.6 Å². The van der Waals surface area contributed by atoms with Crippen LogP contribution in [0.5, 0.6) is 0 Å². The molecule has 0 saturated carbocycles.